The van der Waals surface area contributed by atoms with Crippen LogP contribution in [0.15, 0.2) is 30.3 Å². The minimum absolute atomic E-state index is 0.537. The summed E-state index contributed by atoms with van der Waals surface area (Å²) >= 11 is 5.57. The van der Waals surface area contributed by atoms with Gasteiger partial charge in [-0.1, -0.05) is 30.3 Å². The fourth-order valence-electron chi connectivity index (χ4n) is 1.12. The molecule has 0 saturated heterocycles. The lowest BCUT2D eigenvalue weighted by Gasteiger charge is -2.23. The minimum atomic E-state index is -1.97. The largest absolute Gasteiger partial charge is 0.452 e. The lowest BCUT2D eigenvalue weighted by Crippen LogP contribution is -2.22. The second kappa shape index (κ2) is 5.07. The number of halogens is 3. The third-order valence-electron chi connectivity index (χ3n) is 1.68. The van der Waals surface area contributed by atoms with E-state index in [0.29, 0.717) is 5.56 Å². The Bertz CT molecular complexity index is 335. The standard InChI is InChI=1S/C10H9Br2FO2/c1-7(14)15-9(10(11,12)13)8-5-3-2-4-6-8/h2-6,9H,1H3. The van der Waals surface area contributed by atoms with E-state index in [9.17, 15) is 9.18 Å². The van der Waals surface area contributed by atoms with Crippen molar-refractivity contribution in [1.82, 2.24) is 0 Å². The smallest absolute Gasteiger partial charge is 0.303 e. The van der Waals surface area contributed by atoms with Crippen LogP contribution in [0.4, 0.5) is 4.39 Å². The zero-order valence-electron chi connectivity index (χ0n) is 7.91. The van der Waals surface area contributed by atoms with Crippen LogP contribution in [0.25, 0.3) is 0 Å². The van der Waals surface area contributed by atoms with Crippen molar-refractivity contribution < 1.29 is 13.9 Å². The summed E-state index contributed by atoms with van der Waals surface area (Å²) in [7, 11) is 0. The molecule has 82 valence electrons. The number of esters is 1. The van der Waals surface area contributed by atoms with E-state index in [1.54, 1.807) is 30.3 Å². The molecule has 5 heteroatoms. The molecule has 1 aromatic rings. The second-order valence-electron chi connectivity index (χ2n) is 2.94. The van der Waals surface area contributed by atoms with Crippen molar-refractivity contribution in [3.63, 3.8) is 0 Å². The summed E-state index contributed by atoms with van der Waals surface area (Å²) in [4.78, 5) is 10.8. The van der Waals surface area contributed by atoms with Crippen molar-refractivity contribution >= 4 is 37.8 Å². The van der Waals surface area contributed by atoms with Gasteiger partial charge in [-0.3, -0.25) is 4.79 Å². The lowest BCUT2D eigenvalue weighted by molar-refractivity contribution is -0.148. The molecular weight excluding hydrogens is 331 g/mol. The van der Waals surface area contributed by atoms with Crippen molar-refractivity contribution in [1.29, 1.82) is 0 Å². The van der Waals surface area contributed by atoms with Gasteiger partial charge in [0.2, 0.25) is 0 Å². The molecule has 0 spiro atoms. The molecule has 1 atom stereocenters. The van der Waals surface area contributed by atoms with Crippen LogP contribution in [0, 0.1) is 0 Å². The van der Waals surface area contributed by atoms with Crippen LogP contribution < -0.4 is 0 Å². The Balaban J connectivity index is 2.97. The van der Waals surface area contributed by atoms with E-state index in [1.165, 1.54) is 6.92 Å². The Morgan fingerprint density at radius 3 is 2.33 bits per heavy atom. The van der Waals surface area contributed by atoms with Gasteiger partial charge < -0.3 is 4.74 Å². The maximum absolute atomic E-state index is 13.7. The van der Waals surface area contributed by atoms with E-state index in [0.717, 1.165) is 0 Å². The lowest BCUT2D eigenvalue weighted by atomic mass is 10.1. The van der Waals surface area contributed by atoms with E-state index in [2.05, 4.69) is 31.9 Å². The quantitative estimate of drug-likeness (QED) is 0.620. The fourth-order valence-corrected chi connectivity index (χ4v) is 1.83. The molecule has 1 unspecified atom stereocenters. The maximum Gasteiger partial charge on any atom is 0.303 e. The molecule has 2 nitrogen and oxygen atoms in total. The van der Waals surface area contributed by atoms with E-state index in [4.69, 9.17) is 4.74 Å². The van der Waals surface area contributed by atoms with Gasteiger partial charge in [0.15, 0.2) is 6.10 Å². The Kier molecular flexibility index (Phi) is 4.28. The molecule has 0 heterocycles. The molecule has 0 fully saturated rings. The third kappa shape index (κ3) is 3.91. The van der Waals surface area contributed by atoms with Gasteiger partial charge in [0.1, 0.15) is 0 Å². The van der Waals surface area contributed by atoms with Crippen molar-refractivity contribution in [2.24, 2.45) is 0 Å². The van der Waals surface area contributed by atoms with Gasteiger partial charge in [0.25, 0.3) is 3.49 Å². The highest BCUT2D eigenvalue weighted by Crippen LogP contribution is 2.43. The Morgan fingerprint density at radius 2 is 1.93 bits per heavy atom. The molecular formula is C10H9Br2FO2. The first-order valence-corrected chi connectivity index (χ1v) is 5.78. The van der Waals surface area contributed by atoms with Crippen molar-refractivity contribution in [2.45, 2.75) is 16.5 Å². The molecule has 1 aromatic carbocycles. The number of rotatable bonds is 3. The maximum atomic E-state index is 13.7. The summed E-state index contributed by atoms with van der Waals surface area (Å²) in [6, 6.07) is 8.67. The number of ether oxygens (including phenoxy) is 1. The summed E-state index contributed by atoms with van der Waals surface area (Å²) < 4.78 is 16.6. The van der Waals surface area contributed by atoms with Crippen LogP contribution in [-0.4, -0.2) is 9.46 Å². The molecule has 0 radical (unpaired) electrons. The summed E-state index contributed by atoms with van der Waals surface area (Å²) in [5.41, 5.74) is 0.573. The van der Waals surface area contributed by atoms with Gasteiger partial charge in [-0.15, -0.1) is 0 Å². The highest BCUT2D eigenvalue weighted by molar-refractivity contribution is 9.25. The zero-order valence-corrected chi connectivity index (χ0v) is 11.1. The topological polar surface area (TPSA) is 26.3 Å². The van der Waals surface area contributed by atoms with Crippen LogP contribution in [-0.2, 0) is 9.53 Å². The number of benzene rings is 1. The van der Waals surface area contributed by atoms with Crippen molar-refractivity contribution in [2.75, 3.05) is 0 Å². The molecule has 0 saturated carbocycles. The summed E-state index contributed by atoms with van der Waals surface area (Å²) in [6.45, 7) is 1.24. The predicted octanol–water partition coefficient (Wildman–Crippen LogP) is 3.70. The number of hydrogen-bond acceptors (Lipinski definition) is 2. The first-order chi connectivity index (χ1) is 6.91. The summed E-state index contributed by atoms with van der Waals surface area (Å²) in [5.74, 6) is -0.537. The first-order valence-electron chi connectivity index (χ1n) is 4.20. The van der Waals surface area contributed by atoms with Crippen LogP contribution in [0.3, 0.4) is 0 Å². The predicted molar refractivity (Wildman–Crippen MR) is 62.6 cm³/mol. The van der Waals surface area contributed by atoms with Gasteiger partial charge in [-0.2, -0.15) is 0 Å². The molecule has 0 aliphatic rings. The van der Waals surface area contributed by atoms with Gasteiger partial charge >= 0.3 is 5.97 Å². The number of carbonyl (C=O) groups excluding carboxylic acids is 1. The molecule has 0 amide bonds. The summed E-state index contributed by atoms with van der Waals surface area (Å²) in [6.07, 6.45) is -1.02. The van der Waals surface area contributed by atoms with Gasteiger partial charge in [-0.05, 0) is 37.4 Å². The minimum Gasteiger partial charge on any atom is -0.452 e. The van der Waals surface area contributed by atoms with Gasteiger partial charge in [0, 0.05) is 6.92 Å². The van der Waals surface area contributed by atoms with E-state index in [1.807, 2.05) is 0 Å². The average molecular weight is 340 g/mol. The highest BCUT2D eigenvalue weighted by atomic mass is 79.9. The third-order valence-corrected chi connectivity index (χ3v) is 2.52. The average Bonchev–Trinajstić information content (AvgIpc) is 2.14. The molecule has 0 N–H and O–H groups in total. The van der Waals surface area contributed by atoms with Gasteiger partial charge in [0.05, 0.1) is 0 Å². The number of alkyl halides is 3. The van der Waals surface area contributed by atoms with E-state index in [-0.39, 0.29) is 0 Å². The number of carbonyl (C=O) groups is 1. The molecule has 0 bridgehead atoms. The fraction of sp³-hybridized carbons (Fsp3) is 0.300. The second-order valence-corrected chi connectivity index (χ2v) is 6.31. The van der Waals surface area contributed by atoms with Crippen LogP contribution >= 0.6 is 31.9 Å². The zero-order chi connectivity index (χ0) is 11.5. The SMILES string of the molecule is CC(=O)OC(c1ccccc1)C(F)(Br)Br. The van der Waals surface area contributed by atoms with E-state index >= 15 is 0 Å². The molecule has 15 heavy (non-hydrogen) atoms. The van der Waals surface area contributed by atoms with Gasteiger partial charge in [-0.25, -0.2) is 4.39 Å². The van der Waals surface area contributed by atoms with Crippen LogP contribution in [0.2, 0.25) is 0 Å². The van der Waals surface area contributed by atoms with Crippen molar-refractivity contribution in [3.05, 3.63) is 35.9 Å². The molecule has 0 aliphatic carbocycles. The summed E-state index contributed by atoms with van der Waals surface area (Å²) in [5, 5.41) is 0. The Labute approximate surface area is 104 Å². The van der Waals surface area contributed by atoms with E-state index < -0.39 is 15.6 Å². The van der Waals surface area contributed by atoms with Crippen LogP contribution in [0.5, 0.6) is 0 Å². The highest BCUT2D eigenvalue weighted by Gasteiger charge is 2.37. The number of hydrogen-bond donors (Lipinski definition) is 0. The molecule has 0 aromatic heterocycles. The Hall–Kier alpha value is -0.420. The first kappa shape index (κ1) is 12.6. The Morgan fingerprint density at radius 1 is 1.40 bits per heavy atom. The normalized spacial score (nSPS) is 13.3. The molecule has 0 aliphatic heterocycles. The molecule has 1 rings (SSSR count). The van der Waals surface area contributed by atoms with Crippen LogP contribution in [0.1, 0.15) is 18.6 Å². The van der Waals surface area contributed by atoms with Crippen molar-refractivity contribution in [3.8, 4) is 0 Å². The monoisotopic (exact) mass is 338 g/mol.